The molecule has 6 atom stereocenters. The SMILES string of the molecule is C=C1/C(=C\C=C2/CCC[C@@]3(C)C2CCC3[C@H](C)/C=C/C(C)=C/C(O)(CCCC)CCCC)C[C@@H](O)C[C@@H]1O. The highest BCUT2D eigenvalue weighted by molar-refractivity contribution is 5.38. The van der Waals surface area contributed by atoms with E-state index in [4.69, 9.17) is 0 Å². The molecule has 0 bridgehead atoms. The predicted molar refractivity (Wildman–Crippen MR) is 161 cm³/mol. The summed E-state index contributed by atoms with van der Waals surface area (Å²) in [6.07, 6.45) is 23.3. The first-order chi connectivity index (χ1) is 18.0. The summed E-state index contributed by atoms with van der Waals surface area (Å²) in [5.41, 5.74) is 4.12. The van der Waals surface area contributed by atoms with Crippen molar-refractivity contribution in [3.63, 3.8) is 0 Å². The second-order valence-electron chi connectivity index (χ2n) is 13.1. The van der Waals surface area contributed by atoms with Gasteiger partial charge in [0.15, 0.2) is 0 Å². The van der Waals surface area contributed by atoms with Gasteiger partial charge in [0.2, 0.25) is 0 Å². The quantitative estimate of drug-likeness (QED) is 0.238. The fourth-order valence-electron chi connectivity index (χ4n) is 7.75. The largest absolute Gasteiger partial charge is 0.393 e. The lowest BCUT2D eigenvalue weighted by atomic mass is 9.61. The molecule has 3 rings (SSSR count). The van der Waals surface area contributed by atoms with Crippen LogP contribution in [0.2, 0.25) is 0 Å². The molecule has 38 heavy (non-hydrogen) atoms. The molecular weight excluding hydrogens is 468 g/mol. The summed E-state index contributed by atoms with van der Waals surface area (Å²) in [5, 5.41) is 31.6. The second kappa shape index (κ2) is 13.8. The fourth-order valence-corrected chi connectivity index (χ4v) is 7.75. The van der Waals surface area contributed by atoms with E-state index in [-0.39, 0.29) is 0 Å². The lowest BCUT2D eigenvalue weighted by molar-refractivity contribution is 0.0668. The zero-order valence-electron chi connectivity index (χ0n) is 25.0. The van der Waals surface area contributed by atoms with Crippen molar-refractivity contribution in [1.82, 2.24) is 0 Å². The Balaban J connectivity index is 1.72. The van der Waals surface area contributed by atoms with Crippen molar-refractivity contribution in [1.29, 1.82) is 0 Å². The van der Waals surface area contributed by atoms with E-state index in [2.05, 4.69) is 71.6 Å². The second-order valence-corrected chi connectivity index (χ2v) is 13.1. The number of aliphatic hydroxyl groups excluding tert-OH is 2. The van der Waals surface area contributed by atoms with Crippen LogP contribution in [0.1, 0.15) is 118 Å². The molecule has 0 aromatic rings. The monoisotopic (exact) mass is 524 g/mol. The molecule has 0 aliphatic heterocycles. The molecule has 3 aliphatic rings. The molecule has 0 radical (unpaired) electrons. The molecule has 3 N–H and O–H groups in total. The lowest BCUT2D eigenvalue weighted by Crippen LogP contribution is -2.35. The number of unbranched alkanes of at least 4 members (excludes halogenated alkanes) is 2. The van der Waals surface area contributed by atoms with E-state index in [9.17, 15) is 15.3 Å². The number of allylic oxidation sites excluding steroid dienone is 6. The van der Waals surface area contributed by atoms with E-state index >= 15 is 0 Å². The Labute approximate surface area is 233 Å². The van der Waals surface area contributed by atoms with Gasteiger partial charge in [-0.2, -0.15) is 0 Å². The van der Waals surface area contributed by atoms with E-state index in [1.807, 2.05) is 0 Å². The van der Waals surface area contributed by atoms with Crippen LogP contribution in [0.15, 0.2) is 59.3 Å². The van der Waals surface area contributed by atoms with Crippen molar-refractivity contribution in [2.45, 2.75) is 136 Å². The van der Waals surface area contributed by atoms with Crippen LogP contribution in [0, 0.1) is 23.2 Å². The van der Waals surface area contributed by atoms with Gasteiger partial charge >= 0.3 is 0 Å². The first-order valence-corrected chi connectivity index (χ1v) is 15.6. The molecule has 0 aromatic heterocycles. The minimum absolute atomic E-state index is 0.301. The third-order valence-corrected chi connectivity index (χ3v) is 10.0. The van der Waals surface area contributed by atoms with Crippen molar-refractivity contribution in [3.05, 3.63) is 59.3 Å². The van der Waals surface area contributed by atoms with Gasteiger partial charge in [-0.3, -0.25) is 0 Å². The Morgan fingerprint density at radius 1 is 1.13 bits per heavy atom. The molecule has 2 unspecified atom stereocenters. The summed E-state index contributed by atoms with van der Waals surface area (Å²) in [6.45, 7) is 15.5. The number of rotatable bonds is 11. The number of hydrogen-bond donors (Lipinski definition) is 3. The van der Waals surface area contributed by atoms with Gasteiger partial charge in [-0.05, 0) is 92.6 Å². The van der Waals surface area contributed by atoms with Gasteiger partial charge in [0.1, 0.15) is 0 Å². The predicted octanol–water partition coefficient (Wildman–Crippen LogP) is 8.38. The van der Waals surface area contributed by atoms with Crippen molar-refractivity contribution < 1.29 is 15.3 Å². The molecule has 214 valence electrons. The summed E-state index contributed by atoms with van der Waals surface area (Å²) in [4.78, 5) is 0. The van der Waals surface area contributed by atoms with Gasteiger partial charge in [0.05, 0.1) is 17.8 Å². The molecule has 0 heterocycles. The number of fused-ring (bicyclic) bond motifs is 1. The maximum absolute atomic E-state index is 11.3. The first-order valence-electron chi connectivity index (χ1n) is 15.6. The zero-order chi connectivity index (χ0) is 27.9. The first kappa shape index (κ1) is 31.1. The molecule has 3 fully saturated rings. The van der Waals surface area contributed by atoms with Crippen LogP contribution in [-0.4, -0.2) is 33.1 Å². The van der Waals surface area contributed by atoms with Crippen LogP contribution in [0.4, 0.5) is 0 Å². The maximum Gasteiger partial charge on any atom is 0.0833 e. The Kier molecular flexibility index (Phi) is 11.3. The van der Waals surface area contributed by atoms with Gasteiger partial charge in [-0.1, -0.05) is 101 Å². The maximum atomic E-state index is 11.3. The van der Waals surface area contributed by atoms with Crippen LogP contribution in [0.3, 0.4) is 0 Å². The van der Waals surface area contributed by atoms with Crippen molar-refractivity contribution in [3.8, 4) is 0 Å². The van der Waals surface area contributed by atoms with E-state index in [1.54, 1.807) is 5.57 Å². The van der Waals surface area contributed by atoms with E-state index in [0.29, 0.717) is 36.0 Å². The molecule has 3 nitrogen and oxygen atoms in total. The van der Waals surface area contributed by atoms with Gasteiger partial charge < -0.3 is 15.3 Å². The summed E-state index contributed by atoms with van der Waals surface area (Å²) in [5.74, 6) is 1.75. The summed E-state index contributed by atoms with van der Waals surface area (Å²) in [7, 11) is 0. The summed E-state index contributed by atoms with van der Waals surface area (Å²) in [6, 6.07) is 0. The topological polar surface area (TPSA) is 60.7 Å². The van der Waals surface area contributed by atoms with Crippen molar-refractivity contribution in [2.24, 2.45) is 23.2 Å². The van der Waals surface area contributed by atoms with Crippen LogP contribution in [0.25, 0.3) is 0 Å². The molecule has 0 spiro atoms. The Morgan fingerprint density at radius 3 is 2.47 bits per heavy atom. The standard InChI is InChI=1S/C35H56O3/c1-7-9-20-35(38,21-10-8-2)24-25(3)13-14-26(4)31-17-18-32-28(12-11-19-34(31,32)6)15-16-29-22-30(36)23-33(37)27(29)5/h13-16,24,26,30-33,36-38H,5,7-12,17-23H2,1-4,6H3/b14-13+,25-24+,28-15+,29-16-/t26-,30-,31?,32?,33+,34-/m1/s1. The minimum atomic E-state index is -0.679. The Morgan fingerprint density at radius 2 is 1.82 bits per heavy atom. The smallest absolute Gasteiger partial charge is 0.0833 e. The number of hydrogen-bond acceptors (Lipinski definition) is 3. The molecular formula is C35H56O3. The highest BCUT2D eigenvalue weighted by atomic mass is 16.3. The highest BCUT2D eigenvalue weighted by Crippen LogP contribution is 2.59. The van der Waals surface area contributed by atoms with Crippen LogP contribution < -0.4 is 0 Å². The number of aliphatic hydroxyl groups is 3. The van der Waals surface area contributed by atoms with Crippen molar-refractivity contribution >= 4 is 0 Å². The Hall–Kier alpha value is -1.42. The van der Waals surface area contributed by atoms with E-state index < -0.39 is 17.8 Å². The average Bonchev–Trinajstić information content (AvgIpc) is 3.23. The third kappa shape index (κ3) is 7.61. The molecule has 0 saturated heterocycles. The molecule has 3 heteroatoms. The van der Waals surface area contributed by atoms with Crippen molar-refractivity contribution in [2.75, 3.05) is 0 Å². The van der Waals surface area contributed by atoms with E-state index in [0.717, 1.165) is 56.1 Å². The molecule has 3 saturated carbocycles. The zero-order valence-corrected chi connectivity index (χ0v) is 25.0. The van der Waals surface area contributed by atoms with Gasteiger partial charge in [-0.15, -0.1) is 0 Å². The molecule has 0 amide bonds. The Bertz CT molecular complexity index is 913. The van der Waals surface area contributed by atoms with Crippen LogP contribution in [-0.2, 0) is 0 Å². The normalized spacial score (nSPS) is 33.9. The van der Waals surface area contributed by atoms with Gasteiger partial charge in [0, 0.05) is 6.42 Å². The lowest BCUT2D eigenvalue weighted by Gasteiger charge is -2.44. The molecule has 0 aromatic carbocycles. The minimum Gasteiger partial charge on any atom is -0.393 e. The van der Waals surface area contributed by atoms with Gasteiger partial charge in [-0.25, -0.2) is 0 Å². The third-order valence-electron chi connectivity index (χ3n) is 10.0. The highest BCUT2D eigenvalue weighted by Gasteiger charge is 2.50. The van der Waals surface area contributed by atoms with Crippen LogP contribution >= 0.6 is 0 Å². The van der Waals surface area contributed by atoms with Gasteiger partial charge in [0.25, 0.3) is 0 Å². The summed E-state index contributed by atoms with van der Waals surface area (Å²) >= 11 is 0. The fraction of sp³-hybridized carbons (Fsp3) is 0.714. The van der Waals surface area contributed by atoms with E-state index in [1.165, 1.54) is 31.3 Å². The van der Waals surface area contributed by atoms with Crippen LogP contribution in [0.5, 0.6) is 0 Å². The summed E-state index contributed by atoms with van der Waals surface area (Å²) < 4.78 is 0. The molecule has 3 aliphatic carbocycles. The average molecular weight is 525 g/mol.